The van der Waals surface area contributed by atoms with Crippen molar-refractivity contribution in [3.8, 4) is 5.75 Å². The maximum Gasteiger partial charge on any atom is 0.393 e. The van der Waals surface area contributed by atoms with Crippen molar-refractivity contribution in [2.75, 3.05) is 37.5 Å². The highest BCUT2D eigenvalue weighted by molar-refractivity contribution is 5.91. The van der Waals surface area contributed by atoms with Crippen molar-refractivity contribution >= 4 is 16.6 Å². The summed E-state index contributed by atoms with van der Waals surface area (Å²) in [6, 6.07) is 0.649. The fourth-order valence-electron chi connectivity index (χ4n) is 4.26. The Hall–Kier alpha value is -2.76. The van der Waals surface area contributed by atoms with Gasteiger partial charge in [0.1, 0.15) is 11.2 Å². The minimum absolute atomic E-state index is 0.0351. The van der Waals surface area contributed by atoms with E-state index in [1.54, 1.807) is 0 Å². The Morgan fingerprint density at radius 2 is 1.90 bits per heavy atom. The molecule has 30 heavy (non-hydrogen) atoms. The molecule has 0 bridgehead atoms. The molecule has 0 spiro atoms. The monoisotopic (exact) mass is 431 g/mol. The first kappa shape index (κ1) is 20.5. The summed E-state index contributed by atoms with van der Waals surface area (Å²) in [4.78, 5) is 26.3. The molecule has 2 fully saturated rings. The standard InChI is InChI=1S/C18H21F4N5O3/c1-30-15-13-10(16(28)27(24)17(29)26(13)9-2-3-9)4-12(19)14(15)25-6-8(5-23)11(7-25)18(20,21)22/h4,8-9,11H,2-3,5-7,23-24H2,1H3/t8-,11-/m1/s1. The van der Waals surface area contributed by atoms with Gasteiger partial charge in [0, 0.05) is 25.0 Å². The van der Waals surface area contributed by atoms with Gasteiger partial charge in [0.2, 0.25) is 0 Å². The number of benzene rings is 1. The summed E-state index contributed by atoms with van der Waals surface area (Å²) < 4.78 is 62.5. The highest BCUT2D eigenvalue weighted by Gasteiger charge is 2.50. The number of nitrogen functional groups attached to an aromatic ring is 1. The molecule has 4 rings (SSSR count). The third-order valence-corrected chi connectivity index (χ3v) is 5.88. The highest BCUT2D eigenvalue weighted by Crippen LogP contribution is 2.46. The fourth-order valence-corrected chi connectivity index (χ4v) is 4.26. The third kappa shape index (κ3) is 3.01. The summed E-state index contributed by atoms with van der Waals surface area (Å²) in [5, 5.41) is -0.177. The van der Waals surface area contributed by atoms with Crippen LogP contribution in [0.25, 0.3) is 10.9 Å². The smallest absolute Gasteiger partial charge is 0.393 e. The second-order valence-corrected chi connectivity index (χ2v) is 7.74. The molecule has 0 unspecified atom stereocenters. The molecule has 2 atom stereocenters. The molecule has 0 amide bonds. The molecule has 1 aliphatic carbocycles. The quantitative estimate of drug-likeness (QED) is 0.551. The van der Waals surface area contributed by atoms with Gasteiger partial charge in [0.15, 0.2) is 11.6 Å². The first-order chi connectivity index (χ1) is 14.1. The SMILES string of the molecule is COc1c(N2C[C@@H](CN)[C@H](C(F)(F)F)C2)c(F)cc2c(=O)n(N)c(=O)n(C3CC3)c12. The maximum absolute atomic E-state index is 15.1. The summed E-state index contributed by atoms with van der Waals surface area (Å²) >= 11 is 0. The number of nitrogens with two attached hydrogens (primary N) is 2. The number of nitrogens with zero attached hydrogens (tertiary/aromatic N) is 3. The van der Waals surface area contributed by atoms with E-state index in [1.165, 1.54) is 16.6 Å². The van der Waals surface area contributed by atoms with Crippen LogP contribution >= 0.6 is 0 Å². The van der Waals surface area contributed by atoms with Crippen LogP contribution in [-0.4, -0.2) is 42.2 Å². The minimum Gasteiger partial charge on any atom is -0.492 e. The molecule has 4 N–H and O–H groups in total. The zero-order valence-electron chi connectivity index (χ0n) is 16.1. The van der Waals surface area contributed by atoms with Gasteiger partial charge in [0.05, 0.1) is 18.4 Å². The molecule has 164 valence electrons. The Labute approximate surface area is 167 Å². The Balaban J connectivity index is 1.97. The largest absolute Gasteiger partial charge is 0.492 e. The number of hydrogen-bond donors (Lipinski definition) is 2. The zero-order chi connectivity index (χ0) is 22.0. The second kappa shape index (κ2) is 6.89. The summed E-state index contributed by atoms with van der Waals surface area (Å²) in [6.07, 6.45) is -3.20. The molecule has 2 aromatic rings. The van der Waals surface area contributed by atoms with Gasteiger partial charge in [-0.3, -0.25) is 9.36 Å². The number of fused-ring (bicyclic) bond motifs is 1. The van der Waals surface area contributed by atoms with Crippen molar-refractivity contribution in [3.05, 3.63) is 32.7 Å². The van der Waals surface area contributed by atoms with Crippen LogP contribution in [0.5, 0.6) is 5.75 Å². The van der Waals surface area contributed by atoms with E-state index in [-0.39, 0.29) is 41.5 Å². The predicted molar refractivity (Wildman–Crippen MR) is 102 cm³/mol. The number of aromatic nitrogens is 2. The second-order valence-electron chi connectivity index (χ2n) is 7.74. The average molecular weight is 431 g/mol. The number of anilines is 1. The minimum atomic E-state index is -4.50. The van der Waals surface area contributed by atoms with Gasteiger partial charge in [-0.05, 0) is 25.5 Å². The average Bonchev–Trinajstić information content (AvgIpc) is 3.42. The van der Waals surface area contributed by atoms with Crippen molar-refractivity contribution in [1.82, 2.24) is 9.24 Å². The Morgan fingerprint density at radius 1 is 1.23 bits per heavy atom. The van der Waals surface area contributed by atoms with E-state index >= 15 is 4.39 Å². The molecule has 12 heteroatoms. The van der Waals surface area contributed by atoms with Gasteiger partial charge in [-0.2, -0.15) is 17.8 Å². The van der Waals surface area contributed by atoms with Gasteiger partial charge in [-0.1, -0.05) is 0 Å². The first-order valence-corrected chi connectivity index (χ1v) is 9.44. The van der Waals surface area contributed by atoms with Gasteiger partial charge in [-0.25, -0.2) is 9.18 Å². The molecule has 8 nitrogen and oxygen atoms in total. The van der Waals surface area contributed by atoms with E-state index in [1.807, 2.05) is 0 Å². The number of rotatable bonds is 4. The molecule has 0 radical (unpaired) electrons. The van der Waals surface area contributed by atoms with E-state index in [4.69, 9.17) is 16.3 Å². The van der Waals surface area contributed by atoms with Crippen molar-refractivity contribution < 1.29 is 22.3 Å². The van der Waals surface area contributed by atoms with Crippen molar-refractivity contribution in [2.24, 2.45) is 17.6 Å². The topological polar surface area (TPSA) is 109 Å². The fraction of sp³-hybridized carbons (Fsp3) is 0.556. The Morgan fingerprint density at radius 3 is 2.40 bits per heavy atom. The number of alkyl halides is 3. The van der Waals surface area contributed by atoms with E-state index < -0.39 is 41.6 Å². The molecule has 1 aromatic carbocycles. The third-order valence-electron chi connectivity index (χ3n) is 5.88. The van der Waals surface area contributed by atoms with Crippen LogP contribution < -0.4 is 32.5 Å². The van der Waals surface area contributed by atoms with Crippen LogP contribution in [-0.2, 0) is 0 Å². The van der Waals surface area contributed by atoms with E-state index in [2.05, 4.69) is 0 Å². The van der Waals surface area contributed by atoms with Gasteiger partial charge >= 0.3 is 11.9 Å². The number of methoxy groups -OCH3 is 1. The number of halogens is 4. The van der Waals surface area contributed by atoms with Crippen LogP contribution in [0.4, 0.5) is 23.2 Å². The van der Waals surface area contributed by atoms with Gasteiger partial charge < -0.3 is 21.2 Å². The lowest BCUT2D eigenvalue weighted by atomic mass is 9.96. The molecular formula is C18H21F4N5O3. The molecular weight excluding hydrogens is 410 g/mol. The highest BCUT2D eigenvalue weighted by atomic mass is 19.4. The molecule has 2 aliphatic rings. The van der Waals surface area contributed by atoms with Gasteiger partial charge in [-0.15, -0.1) is 0 Å². The van der Waals surface area contributed by atoms with Crippen molar-refractivity contribution in [2.45, 2.75) is 25.1 Å². The van der Waals surface area contributed by atoms with Crippen molar-refractivity contribution in [1.29, 1.82) is 0 Å². The summed E-state index contributed by atoms with van der Waals surface area (Å²) in [6.45, 7) is -0.865. The molecule has 1 saturated heterocycles. The lowest BCUT2D eigenvalue weighted by Crippen LogP contribution is -2.44. The molecule has 2 heterocycles. The normalized spacial score (nSPS) is 22.1. The molecule has 1 saturated carbocycles. The number of ether oxygens (including phenoxy) is 1. The van der Waals surface area contributed by atoms with E-state index in [9.17, 15) is 22.8 Å². The lowest BCUT2D eigenvalue weighted by Gasteiger charge is -2.24. The summed E-state index contributed by atoms with van der Waals surface area (Å²) in [5.74, 6) is 1.83. The van der Waals surface area contributed by atoms with Crippen LogP contribution in [0.15, 0.2) is 15.7 Å². The predicted octanol–water partition coefficient (Wildman–Crippen LogP) is 0.933. The van der Waals surface area contributed by atoms with Crippen LogP contribution in [0.3, 0.4) is 0 Å². The van der Waals surface area contributed by atoms with Gasteiger partial charge in [0.25, 0.3) is 5.56 Å². The molecule has 1 aromatic heterocycles. The maximum atomic E-state index is 15.1. The summed E-state index contributed by atoms with van der Waals surface area (Å²) in [5.41, 5.74) is 3.64. The van der Waals surface area contributed by atoms with Crippen LogP contribution in [0.1, 0.15) is 18.9 Å². The first-order valence-electron chi connectivity index (χ1n) is 9.44. The van der Waals surface area contributed by atoms with Crippen LogP contribution in [0, 0.1) is 17.7 Å². The summed E-state index contributed by atoms with van der Waals surface area (Å²) in [7, 11) is 1.21. The number of hydrogen-bond acceptors (Lipinski definition) is 6. The Kier molecular flexibility index (Phi) is 4.71. The van der Waals surface area contributed by atoms with Crippen molar-refractivity contribution in [3.63, 3.8) is 0 Å². The van der Waals surface area contributed by atoms with Crippen LogP contribution in [0.2, 0.25) is 0 Å². The van der Waals surface area contributed by atoms with E-state index in [0.717, 1.165) is 6.07 Å². The Bertz CT molecular complexity index is 1120. The zero-order valence-corrected chi connectivity index (χ0v) is 16.1. The lowest BCUT2D eigenvalue weighted by molar-refractivity contribution is -0.178. The molecule has 1 aliphatic heterocycles. The van der Waals surface area contributed by atoms with E-state index in [0.29, 0.717) is 17.5 Å².